The van der Waals surface area contributed by atoms with E-state index in [-0.39, 0.29) is 11.3 Å². The van der Waals surface area contributed by atoms with Crippen molar-refractivity contribution < 1.29 is 19.1 Å². The van der Waals surface area contributed by atoms with Crippen molar-refractivity contribution in [1.82, 2.24) is 15.1 Å². The van der Waals surface area contributed by atoms with Crippen molar-refractivity contribution in [1.29, 1.82) is 0 Å². The zero-order valence-corrected chi connectivity index (χ0v) is 16.7. The summed E-state index contributed by atoms with van der Waals surface area (Å²) in [5.74, 6) is 1.57. The van der Waals surface area contributed by atoms with Crippen molar-refractivity contribution in [3.05, 3.63) is 23.8 Å². The Hall–Kier alpha value is -2.48. The molecule has 8 nitrogen and oxygen atoms in total. The van der Waals surface area contributed by atoms with Gasteiger partial charge in [0.25, 0.3) is 0 Å². The molecule has 0 bridgehead atoms. The van der Waals surface area contributed by atoms with Crippen LogP contribution in [-0.2, 0) is 11.3 Å². The molecule has 1 aromatic rings. The van der Waals surface area contributed by atoms with E-state index in [4.69, 9.17) is 15.2 Å². The highest BCUT2D eigenvalue weighted by Gasteiger charge is 2.48. The van der Waals surface area contributed by atoms with Crippen molar-refractivity contribution in [2.45, 2.75) is 25.8 Å². The highest BCUT2D eigenvalue weighted by molar-refractivity contribution is 5.84. The standard InChI is InChI=1S/C20H30N4O4/c1-27-16-6-3-5-15(17(16)28-2)13-24-10-4-7-20(18(24)25)8-11-23(14-20)12-9-22-19(21)26/h3,5-6H,4,7-14H2,1-2H3,(H3,21,22,26)/t20-/m0/s1. The summed E-state index contributed by atoms with van der Waals surface area (Å²) in [6.07, 6.45) is 2.76. The first-order valence-corrected chi connectivity index (χ1v) is 9.74. The van der Waals surface area contributed by atoms with E-state index in [1.165, 1.54) is 0 Å². The normalized spacial score (nSPS) is 22.5. The van der Waals surface area contributed by atoms with E-state index < -0.39 is 6.03 Å². The van der Waals surface area contributed by atoms with E-state index in [1.54, 1.807) is 14.2 Å². The van der Waals surface area contributed by atoms with Crippen molar-refractivity contribution in [2.24, 2.45) is 11.1 Å². The smallest absolute Gasteiger partial charge is 0.312 e. The number of carbonyl (C=O) groups excluding carboxylic acids is 2. The second-order valence-electron chi connectivity index (χ2n) is 7.58. The average molecular weight is 390 g/mol. The number of piperidine rings is 1. The topological polar surface area (TPSA) is 97.1 Å². The van der Waals surface area contributed by atoms with Gasteiger partial charge in [-0.25, -0.2) is 4.79 Å². The highest BCUT2D eigenvalue weighted by Crippen LogP contribution is 2.41. The number of nitrogens with two attached hydrogens (primary N) is 1. The van der Waals surface area contributed by atoms with Gasteiger partial charge in [0.15, 0.2) is 11.5 Å². The number of benzene rings is 1. The van der Waals surface area contributed by atoms with Crippen LogP contribution >= 0.6 is 0 Å². The highest BCUT2D eigenvalue weighted by atomic mass is 16.5. The number of hydrogen-bond acceptors (Lipinski definition) is 5. The molecular formula is C20H30N4O4. The van der Waals surface area contributed by atoms with Crippen LogP contribution in [0.1, 0.15) is 24.8 Å². The molecule has 0 unspecified atom stereocenters. The molecule has 28 heavy (non-hydrogen) atoms. The van der Waals surface area contributed by atoms with Gasteiger partial charge in [-0.05, 0) is 31.9 Å². The minimum absolute atomic E-state index is 0.217. The number of nitrogens with one attached hydrogen (secondary N) is 1. The summed E-state index contributed by atoms with van der Waals surface area (Å²) in [6.45, 7) is 4.08. The number of para-hydroxylation sites is 1. The molecule has 0 aromatic heterocycles. The molecule has 2 fully saturated rings. The minimum atomic E-state index is -0.513. The first-order valence-electron chi connectivity index (χ1n) is 9.74. The molecule has 3 rings (SSSR count). The van der Waals surface area contributed by atoms with Crippen LogP contribution in [-0.4, -0.2) is 68.7 Å². The van der Waals surface area contributed by atoms with Gasteiger partial charge >= 0.3 is 6.03 Å². The third-order valence-electron chi connectivity index (χ3n) is 5.83. The molecule has 2 heterocycles. The summed E-state index contributed by atoms with van der Waals surface area (Å²) in [7, 11) is 3.23. The maximum atomic E-state index is 13.4. The Balaban J connectivity index is 1.67. The summed E-state index contributed by atoms with van der Waals surface area (Å²) < 4.78 is 10.9. The van der Waals surface area contributed by atoms with E-state index in [9.17, 15) is 9.59 Å². The van der Waals surface area contributed by atoms with Gasteiger partial charge in [0.05, 0.1) is 19.6 Å². The van der Waals surface area contributed by atoms with Crippen molar-refractivity contribution in [3.63, 3.8) is 0 Å². The number of methoxy groups -OCH3 is 2. The van der Waals surface area contributed by atoms with Crippen LogP contribution in [0.2, 0.25) is 0 Å². The van der Waals surface area contributed by atoms with E-state index in [0.717, 1.165) is 44.5 Å². The quantitative estimate of drug-likeness (QED) is 0.729. The molecular weight excluding hydrogens is 360 g/mol. The van der Waals surface area contributed by atoms with Gasteiger partial charge in [-0.15, -0.1) is 0 Å². The molecule has 2 aliphatic heterocycles. The SMILES string of the molecule is COc1cccc(CN2CCC[C@@]3(CCN(CCNC(N)=O)C3)C2=O)c1OC. The maximum absolute atomic E-state index is 13.4. The van der Waals surface area contributed by atoms with Gasteiger partial charge in [-0.2, -0.15) is 0 Å². The maximum Gasteiger partial charge on any atom is 0.312 e. The number of nitrogens with zero attached hydrogens (tertiary/aromatic N) is 2. The summed E-state index contributed by atoms with van der Waals surface area (Å²) in [5.41, 5.74) is 5.75. The van der Waals surface area contributed by atoms with Crippen LogP contribution in [0.4, 0.5) is 4.79 Å². The predicted octanol–water partition coefficient (Wildman–Crippen LogP) is 1.19. The van der Waals surface area contributed by atoms with Crippen LogP contribution in [0.3, 0.4) is 0 Å². The first kappa shape index (κ1) is 20.3. The fourth-order valence-electron chi connectivity index (χ4n) is 4.45. The van der Waals surface area contributed by atoms with Crippen molar-refractivity contribution in [2.75, 3.05) is 46.9 Å². The number of amides is 3. The Kier molecular flexibility index (Phi) is 6.28. The summed E-state index contributed by atoms with van der Waals surface area (Å²) >= 11 is 0. The van der Waals surface area contributed by atoms with E-state index >= 15 is 0 Å². The molecule has 154 valence electrons. The van der Waals surface area contributed by atoms with Gasteiger partial charge in [0, 0.05) is 38.3 Å². The minimum Gasteiger partial charge on any atom is -0.493 e. The van der Waals surface area contributed by atoms with E-state index in [0.29, 0.717) is 31.1 Å². The van der Waals surface area contributed by atoms with Crippen molar-refractivity contribution >= 4 is 11.9 Å². The number of carbonyl (C=O) groups is 2. The molecule has 0 aliphatic carbocycles. The van der Waals surface area contributed by atoms with Crippen LogP contribution in [0.25, 0.3) is 0 Å². The lowest BCUT2D eigenvalue weighted by Gasteiger charge is -2.39. The second kappa shape index (κ2) is 8.68. The summed E-state index contributed by atoms with van der Waals surface area (Å²) in [6, 6.07) is 5.24. The zero-order valence-electron chi connectivity index (χ0n) is 16.7. The van der Waals surface area contributed by atoms with Gasteiger partial charge in [-0.3, -0.25) is 4.79 Å². The summed E-state index contributed by atoms with van der Waals surface area (Å²) in [5, 5.41) is 2.62. The molecule has 3 N–H and O–H groups in total. The summed E-state index contributed by atoms with van der Waals surface area (Å²) in [4.78, 5) is 28.4. The Bertz CT molecular complexity index is 726. The monoisotopic (exact) mass is 390 g/mol. The number of hydrogen-bond donors (Lipinski definition) is 2. The molecule has 0 radical (unpaired) electrons. The number of ether oxygens (including phenoxy) is 2. The third kappa shape index (κ3) is 4.16. The van der Waals surface area contributed by atoms with Gasteiger partial charge in [-0.1, -0.05) is 12.1 Å². The van der Waals surface area contributed by atoms with Crippen LogP contribution in [0.5, 0.6) is 11.5 Å². The molecule has 2 aliphatic rings. The Morgan fingerprint density at radius 1 is 1.25 bits per heavy atom. The van der Waals surface area contributed by atoms with E-state index in [1.807, 2.05) is 23.1 Å². The second-order valence-corrected chi connectivity index (χ2v) is 7.58. The molecule has 1 atom stereocenters. The molecule has 3 amide bonds. The zero-order chi connectivity index (χ0) is 20.1. The van der Waals surface area contributed by atoms with Crippen LogP contribution in [0, 0.1) is 5.41 Å². The largest absolute Gasteiger partial charge is 0.493 e. The number of rotatable bonds is 7. The fraction of sp³-hybridized carbons (Fsp3) is 0.600. The molecule has 2 saturated heterocycles. The van der Waals surface area contributed by atoms with E-state index in [2.05, 4.69) is 10.2 Å². The van der Waals surface area contributed by atoms with Crippen molar-refractivity contribution in [3.8, 4) is 11.5 Å². The van der Waals surface area contributed by atoms with Gasteiger partial charge < -0.3 is 30.3 Å². The molecule has 1 spiro atoms. The van der Waals surface area contributed by atoms with Gasteiger partial charge in [0.2, 0.25) is 5.91 Å². The molecule has 8 heteroatoms. The predicted molar refractivity (Wildman–Crippen MR) is 105 cm³/mol. The number of primary amides is 1. The number of likely N-dealkylation sites (tertiary alicyclic amines) is 2. The molecule has 0 saturated carbocycles. The van der Waals surface area contributed by atoms with Gasteiger partial charge in [0.1, 0.15) is 0 Å². The number of urea groups is 1. The van der Waals surface area contributed by atoms with Crippen LogP contribution in [0.15, 0.2) is 18.2 Å². The van der Waals surface area contributed by atoms with Crippen LogP contribution < -0.4 is 20.5 Å². The third-order valence-corrected chi connectivity index (χ3v) is 5.83. The molecule has 1 aromatic carbocycles. The average Bonchev–Trinajstić information content (AvgIpc) is 3.09. The Morgan fingerprint density at radius 2 is 2.07 bits per heavy atom. The lowest BCUT2D eigenvalue weighted by molar-refractivity contribution is -0.146. The first-order chi connectivity index (χ1) is 13.5. The lowest BCUT2D eigenvalue weighted by Crippen LogP contribution is -2.50. The fourth-order valence-corrected chi connectivity index (χ4v) is 4.45. The Morgan fingerprint density at radius 3 is 2.79 bits per heavy atom. The lowest BCUT2D eigenvalue weighted by atomic mass is 9.78. The Labute approximate surface area is 165 Å².